The fourth-order valence-electron chi connectivity index (χ4n) is 3.61. The van der Waals surface area contributed by atoms with Crippen LogP contribution >= 0.6 is 0 Å². The third-order valence-corrected chi connectivity index (χ3v) is 5.46. The molecule has 4 heteroatoms. The Kier molecular flexibility index (Phi) is 8.38. The van der Waals surface area contributed by atoms with Gasteiger partial charge in [-0.25, -0.2) is 0 Å². The van der Waals surface area contributed by atoms with E-state index < -0.39 is 5.92 Å². The minimum absolute atomic E-state index is 0.0155. The number of esters is 1. The van der Waals surface area contributed by atoms with E-state index in [0.717, 1.165) is 11.1 Å². The van der Waals surface area contributed by atoms with Gasteiger partial charge in [0, 0.05) is 17.4 Å². The molecule has 0 radical (unpaired) electrons. The maximum atomic E-state index is 13.2. The SMILES string of the molecule is COc1ccc(C(=O)C(C)C(CC(=O)OC/C=C/c2ccccc2)c2ccccc2)cc1. The molecule has 0 spiro atoms. The maximum absolute atomic E-state index is 13.2. The summed E-state index contributed by atoms with van der Waals surface area (Å²) in [4.78, 5) is 25.8. The van der Waals surface area contributed by atoms with Crippen molar-refractivity contribution in [1.29, 1.82) is 0 Å². The highest BCUT2D eigenvalue weighted by Gasteiger charge is 2.29. The molecule has 0 heterocycles. The van der Waals surface area contributed by atoms with Crippen LogP contribution in [0.1, 0.15) is 40.7 Å². The summed E-state index contributed by atoms with van der Waals surface area (Å²) >= 11 is 0. The van der Waals surface area contributed by atoms with Crippen molar-refractivity contribution in [3.8, 4) is 5.75 Å². The molecule has 0 saturated carbocycles. The molecule has 3 aromatic rings. The minimum Gasteiger partial charge on any atom is -0.497 e. The fourth-order valence-corrected chi connectivity index (χ4v) is 3.61. The van der Waals surface area contributed by atoms with Crippen molar-refractivity contribution < 1.29 is 19.1 Å². The van der Waals surface area contributed by atoms with Crippen LogP contribution in [0.5, 0.6) is 5.75 Å². The summed E-state index contributed by atoms with van der Waals surface area (Å²) in [5.41, 5.74) is 2.58. The lowest BCUT2D eigenvalue weighted by Crippen LogP contribution is -2.23. The van der Waals surface area contributed by atoms with Gasteiger partial charge in [-0.2, -0.15) is 0 Å². The second-order valence-electron chi connectivity index (χ2n) is 7.60. The Morgan fingerprint density at radius 2 is 1.50 bits per heavy atom. The Hall–Kier alpha value is -3.66. The first-order valence-corrected chi connectivity index (χ1v) is 10.7. The van der Waals surface area contributed by atoms with Gasteiger partial charge in [-0.3, -0.25) is 9.59 Å². The van der Waals surface area contributed by atoms with Gasteiger partial charge in [0.1, 0.15) is 12.4 Å². The molecular formula is C28H28O4. The molecule has 164 valence electrons. The maximum Gasteiger partial charge on any atom is 0.306 e. The van der Waals surface area contributed by atoms with Crippen molar-refractivity contribution >= 4 is 17.8 Å². The predicted octanol–water partition coefficient (Wildman–Crippen LogP) is 5.94. The topological polar surface area (TPSA) is 52.6 Å². The Morgan fingerprint density at radius 1 is 0.875 bits per heavy atom. The molecule has 0 amide bonds. The van der Waals surface area contributed by atoms with E-state index in [2.05, 4.69) is 0 Å². The fraction of sp³-hybridized carbons (Fsp3) is 0.214. The number of carbonyl (C=O) groups excluding carboxylic acids is 2. The highest BCUT2D eigenvalue weighted by Crippen LogP contribution is 2.31. The van der Waals surface area contributed by atoms with Crippen molar-refractivity contribution in [3.05, 3.63) is 108 Å². The number of rotatable bonds is 10. The number of benzene rings is 3. The standard InChI is InChI=1S/C28H28O4/c1-21(28(30)24-15-17-25(31-2)18-16-24)26(23-13-7-4-8-14-23)20-27(29)32-19-9-12-22-10-5-3-6-11-22/h3-18,21,26H,19-20H2,1-2H3/b12-9+. The number of carbonyl (C=O) groups is 2. The molecule has 0 N–H and O–H groups in total. The minimum atomic E-state index is -0.391. The lowest BCUT2D eigenvalue weighted by atomic mass is 9.80. The number of hydrogen-bond acceptors (Lipinski definition) is 4. The van der Waals surface area contributed by atoms with Gasteiger partial charge in [0.2, 0.25) is 0 Å². The summed E-state index contributed by atoms with van der Waals surface area (Å²) < 4.78 is 10.6. The average Bonchev–Trinajstić information content (AvgIpc) is 2.85. The number of ether oxygens (including phenoxy) is 2. The first kappa shape index (κ1) is 23.0. The molecule has 3 rings (SSSR count). The monoisotopic (exact) mass is 428 g/mol. The lowest BCUT2D eigenvalue weighted by Gasteiger charge is -2.23. The second kappa shape index (κ2) is 11.7. The normalized spacial score (nSPS) is 12.8. The van der Waals surface area contributed by atoms with Gasteiger partial charge in [0.25, 0.3) is 0 Å². The number of hydrogen-bond donors (Lipinski definition) is 0. The third kappa shape index (κ3) is 6.42. The first-order chi connectivity index (χ1) is 15.6. The van der Waals surface area contributed by atoms with Crippen molar-refractivity contribution in [2.45, 2.75) is 19.3 Å². The molecule has 0 aliphatic heterocycles. The van der Waals surface area contributed by atoms with Crippen LogP contribution in [-0.4, -0.2) is 25.5 Å². The van der Waals surface area contributed by atoms with Gasteiger partial charge in [-0.15, -0.1) is 0 Å². The van der Waals surface area contributed by atoms with Gasteiger partial charge in [0.15, 0.2) is 5.78 Å². The molecule has 0 bridgehead atoms. The van der Waals surface area contributed by atoms with Gasteiger partial charge in [-0.05, 0) is 41.5 Å². The Balaban J connectivity index is 1.67. The van der Waals surface area contributed by atoms with Crippen molar-refractivity contribution in [2.24, 2.45) is 5.92 Å². The quantitative estimate of drug-likeness (QED) is 0.296. The Bertz CT molecular complexity index is 1020. The van der Waals surface area contributed by atoms with E-state index in [4.69, 9.17) is 9.47 Å². The van der Waals surface area contributed by atoms with E-state index in [9.17, 15) is 9.59 Å². The van der Waals surface area contributed by atoms with Crippen LogP contribution in [0.4, 0.5) is 0 Å². The van der Waals surface area contributed by atoms with Gasteiger partial charge < -0.3 is 9.47 Å². The zero-order valence-corrected chi connectivity index (χ0v) is 18.4. The molecule has 0 aliphatic rings. The van der Waals surface area contributed by atoms with Crippen LogP contribution in [0.2, 0.25) is 0 Å². The van der Waals surface area contributed by atoms with Crippen LogP contribution in [0, 0.1) is 5.92 Å². The van der Waals surface area contributed by atoms with E-state index in [1.807, 2.05) is 79.7 Å². The zero-order valence-electron chi connectivity index (χ0n) is 18.4. The molecule has 2 unspecified atom stereocenters. The highest BCUT2D eigenvalue weighted by molar-refractivity contribution is 5.98. The molecular weight excluding hydrogens is 400 g/mol. The smallest absolute Gasteiger partial charge is 0.306 e. The van der Waals surface area contributed by atoms with Crippen molar-refractivity contribution in [1.82, 2.24) is 0 Å². The van der Waals surface area contributed by atoms with Gasteiger partial charge in [-0.1, -0.05) is 73.7 Å². The van der Waals surface area contributed by atoms with E-state index in [1.54, 1.807) is 31.4 Å². The van der Waals surface area contributed by atoms with Crippen LogP contribution < -0.4 is 4.74 Å². The second-order valence-corrected chi connectivity index (χ2v) is 7.60. The third-order valence-electron chi connectivity index (χ3n) is 5.46. The number of Topliss-reactive ketones (excluding diaryl/α,β-unsaturated/α-hetero) is 1. The average molecular weight is 429 g/mol. The van der Waals surface area contributed by atoms with Crippen LogP contribution in [0.15, 0.2) is 91.0 Å². The van der Waals surface area contributed by atoms with E-state index in [1.165, 1.54) is 0 Å². The van der Waals surface area contributed by atoms with Crippen LogP contribution in [0.25, 0.3) is 6.08 Å². The highest BCUT2D eigenvalue weighted by atomic mass is 16.5. The van der Waals surface area contributed by atoms with Gasteiger partial charge in [0.05, 0.1) is 13.5 Å². The predicted molar refractivity (Wildman–Crippen MR) is 127 cm³/mol. The first-order valence-electron chi connectivity index (χ1n) is 10.7. The molecule has 4 nitrogen and oxygen atoms in total. The number of ketones is 1. The van der Waals surface area contributed by atoms with Gasteiger partial charge >= 0.3 is 5.97 Å². The Morgan fingerprint density at radius 3 is 2.12 bits per heavy atom. The summed E-state index contributed by atoms with van der Waals surface area (Å²) in [5, 5.41) is 0. The Labute approximate surface area is 189 Å². The largest absolute Gasteiger partial charge is 0.497 e. The van der Waals surface area contributed by atoms with Crippen molar-refractivity contribution in [3.63, 3.8) is 0 Å². The molecule has 0 aromatic heterocycles. The van der Waals surface area contributed by atoms with Crippen molar-refractivity contribution in [2.75, 3.05) is 13.7 Å². The van der Waals surface area contributed by atoms with Crippen LogP contribution in [0.3, 0.4) is 0 Å². The molecule has 0 saturated heterocycles. The molecule has 3 aromatic carbocycles. The van der Waals surface area contributed by atoms with Crippen LogP contribution in [-0.2, 0) is 9.53 Å². The summed E-state index contributed by atoms with van der Waals surface area (Å²) in [6.07, 6.45) is 3.86. The zero-order chi connectivity index (χ0) is 22.8. The summed E-state index contributed by atoms with van der Waals surface area (Å²) in [7, 11) is 1.59. The van der Waals surface area contributed by atoms with E-state index >= 15 is 0 Å². The molecule has 0 fully saturated rings. The molecule has 2 atom stereocenters. The van der Waals surface area contributed by atoms with E-state index in [-0.39, 0.29) is 30.7 Å². The molecule has 32 heavy (non-hydrogen) atoms. The molecule has 0 aliphatic carbocycles. The number of methoxy groups -OCH3 is 1. The summed E-state index contributed by atoms with van der Waals surface area (Å²) in [5.74, 6) is -0.320. The summed E-state index contributed by atoms with van der Waals surface area (Å²) in [6.45, 7) is 2.06. The summed E-state index contributed by atoms with van der Waals surface area (Å²) in [6, 6.07) is 26.5. The van der Waals surface area contributed by atoms with E-state index in [0.29, 0.717) is 11.3 Å². The lowest BCUT2D eigenvalue weighted by molar-refractivity contribution is -0.143.